The molecule has 1 heterocycles. The number of benzene rings is 2. The predicted molar refractivity (Wildman–Crippen MR) is 124 cm³/mol. The second-order valence-electron chi connectivity index (χ2n) is 8.05. The van der Waals surface area contributed by atoms with Crippen LogP contribution >= 0.6 is 11.6 Å². The van der Waals surface area contributed by atoms with Gasteiger partial charge in [0.1, 0.15) is 11.6 Å². The zero-order valence-corrected chi connectivity index (χ0v) is 19.3. The Bertz CT molecular complexity index is 1070. The number of hydrogen-bond acceptors (Lipinski definition) is 4. The summed E-state index contributed by atoms with van der Waals surface area (Å²) >= 11 is 6.00. The first-order chi connectivity index (χ1) is 14.6. The molecule has 0 saturated carbocycles. The number of carboxylic acid groups (broad SMARTS) is 1. The average molecular weight is 442 g/mol. The van der Waals surface area contributed by atoms with Crippen LogP contribution in [0.2, 0.25) is 5.02 Å². The molecule has 3 rings (SSSR count). The molecule has 31 heavy (non-hydrogen) atoms. The van der Waals surface area contributed by atoms with Crippen LogP contribution in [-0.2, 0) is 18.4 Å². The number of aliphatic carboxylic acids is 1. The van der Waals surface area contributed by atoms with Crippen LogP contribution in [0.3, 0.4) is 0 Å². The largest absolute Gasteiger partial charge is 0.478 e. The molecule has 0 fully saturated rings. The highest BCUT2D eigenvalue weighted by molar-refractivity contribution is 6.30. The van der Waals surface area contributed by atoms with Crippen molar-refractivity contribution < 1.29 is 14.6 Å². The summed E-state index contributed by atoms with van der Waals surface area (Å²) in [5.74, 6) is 0.586. The summed E-state index contributed by atoms with van der Waals surface area (Å²) in [6, 6.07) is 15.6. The van der Waals surface area contributed by atoms with Gasteiger partial charge in [-0.3, -0.25) is 4.68 Å². The smallest absolute Gasteiger partial charge is 0.347 e. The quantitative estimate of drug-likeness (QED) is 0.512. The van der Waals surface area contributed by atoms with Crippen molar-refractivity contribution in [2.24, 2.45) is 7.05 Å². The van der Waals surface area contributed by atoms with Gasteiger partial charge in [0.2, 0.25) is 0 Å². The summed E-state index contributed by atoms with van der Waals surface area (Å²) in [5.41, 5.74) is 2.63. The summed E-state index contributed by atoms with van der Waals surface area (Å²) in [7, 11) is 1.94. The number of rotatable bonds is 8. The number of carboxylic acids is 1. The summed E-state index contributed by atoms with van der Waals surface area (Å²) in [6.07, 6.45) is 0. The Balaban J connectivity index is 1.81. The molecule has 0 saturated heterocycles. The van der Waals surface area contributed by atoms with E-state index in [1.807, 2.05) is 61.1 Å². The summed E-state index contributed by atoms with van der Waals surface area (Å²) in [4.78, 5) is 13.6. The van der Waals surface area contributed by atoms with Gasteiger partial charge in [0.15, 0.2) is 5.60 Å². The first-order valence-electron chi connectivity index (χ1n) is 10.2. The van der Waals surface area contributed by atoms with Crippen LogP contribution in [0.5, 0.6) is 5.75 Å². The molecular formula is C24H28ClN3O3. The predicted octanol–water partition coefficient (Wildman–Crippen LogP) is 5.32. The van der Waals surface area contributed by atoms with Gasteiger partial charge in [0.25, 0.3) is 0 Å². The Labute approximate surface area is 188 Å². The van der Waals surface area contributed by atoms with Crippen LogP contribution in [0.15, 0.2) is 48.5 Å². The lowest BCUT2D eigenvalue weighted by Crippen LogP contribution is -2.38. The van der Waals surface area contributed by atoms with Crippen molar-refractivity contribution in [3.8, 4) is 17.0 Å². The van der Waals surface area contributed by atoms with E-state index in [1.165, 1.54) is 0 Å². The number of halogens is 1. The number of anilines is 1. The molecule has 1 aromatic heterocycles. The minimum Gasteiger partial charge on any atom is -0.478 e. The average Bonchev–Trinajstić information content (AvgIpc) is 3.10. The molecule has 1 N–H and O–H groups in total. The van der Waals surface area contributed by atoms with Crippen molar-refractivity contribution in [3.63, 3.8) is 0 Å². The standard InChI is InChI=1S/C24H28ClN3O3/c1-6-28(22-14-20(26-27(22)5)18-8-10-19(25)11-9-18)15-17-7-12-21(16(2)13-17)31-24(3,4)23(29)30/h7-14H,6,15H2,1-5H3,(H,29,30). The van der Waals surface area contributed by atoms with Gasteiger partial charge in [-0.05, 0) is 57.0 Å². The SMILES string of the molecule is CCN(Cc1ccc(OC(C)(C)C(=O)O)c(C)c1)c1cc(-c2ccc(Cl)cc2)nn1C. The van der Waals surface area contributed by atoms with Crippen LogP contribution in [0.4, 0.5) is 5.82 Å². The van der Waals surface area contributed by atoms with Gasteiger partial charge in [-0.1, -0.05) is 35.9 Å². The summed E-state index contributed by atoms with van der Waals surface area (Å²) in [6.45, 7) is 8.62. The lowest BCUT2D eigenvalue weighted by atomic mass is 10.1. The third-order valence-electron chi connectivity index (χ3n) is 5.19. The minimum atomic E-state index is -1.28. The van der Waals surface area contributed by atoms with Gasteiger partial charge >= 0.3 is 5.97 Å². The molecule has 0 aliphatic heterocycles. The Hall–Kier alpha value is -2.99. The zero-order valence-electron chi connectivity index (χ0n) is 18.5. The fraction of sp³-hybridized carbons (Fsp3) is 0.333. The highest BCUT2D eigenvalue weighted by Crippen LogP contribution is 2.28. The normalized spacial score (nSPS) is 11.4. The van der Waals surface area contributed by atoms with E-state index in [9.17, 15) is 9.90 Å². The number of aromatic nitrogens is 2. The molecule has 0 unspecified atom stereocenters. The fourth-order valence-electron chi connectivity index (χ4n) is 3.33. The molecule has 2 aromatic carbocycles. The second kappa shape index (κ2) is 9.02. The number of aryl methyl sites for hydroxylation is 2. The van der Waals surface area contributed by atoms with E-state index in [4.69, 9.17) is 16.3 Å². The highest BCUT2D eigenvalue weighted by atomic mass is 35.5. The van der Waals surface area contributed by atoms with Crippen LogP contribution in [0.1, 0.15) is 31.9 Å². The van der Waals surface area contributed by atoms with E-state index in [0.717, 1.165) is 34.7 Å². The van der Waals surface area contributed by atoms with E-state index < -0.39 is 11.6 Å². The van der Waals surface area contributed by atoms with Crippen molar-refractivity contribution in [1.82, 2.24) is 9.78 Å². The van der Waals surface area contributed by atoms with Gasteiger partial charge in [-0.25, -0.2) is 4.79 Å². The second-order valence-corrected chi connectivity index (χ2v) is 8.49. The van der Waals surface area contributed by atoms with Crippen molar-refractivity contribution >= 4 is 23.4 Å². The van der Waals surface area contributed by atoms with Crippen molar-refractivity contribution in [3.05, 3.63) is 64.7 Å². The van der Waals surface area contributed by atoms with Gasteiger partial charge in [0, 0.05) is 36.8 Å². The van der Waals surface area contributed by atoms with Crippen LogP contribution in [0, 0.1) is 6.92 Å². The third-order valence-corrected chi connectivity index (χ3v) is 5.45. The zero-order chi connectivity index (χ0) is 22.8. The Morgan fingerprint density at radius 2 is 1.87 bits per heavy atom. The third kappa shape index (κ3) is 5.20. The van der Waals surface area contributed by atoms with Crippen molar-refractivity contribution in [1.29, 1.82) is 0 Å². The molecule has 0 spiro atoms. The lowest BCUT2D eigenvalue weighted by molar-refractivity contribution is -0.152. The lowest BCUT2D eigenvalue weighted by Gasteiger charge is -2.25. The molecule has 6 nitrogen and oxygen atoms in total. The highest BCUT2D eigenvalue weighted by Gasteiger charge is 2.30. The Morgan fingerprint density at radius 1 is 1.19 bits per heavy atom. The number of hydrogen-bond donors (Lipinski definition) is 1. The van der Waals surface area contributed by atoms with Gasteiger partial charge in [-0.15, -0.1) is 0 Å². The van der Waals surface area contributed by atoms with Gasteiger partial charge < -0.3 is 14.7 Å². The molecule has 7 heteroatoms. The van der Waals surface area contributed by atoms with E-state index in [-0.39, 0.29) is 0 Å². The monoisotopic (exact) mass is 441 g/mol. The maximum Gasteiger partial charge on any atom is 0.347 e. The number of nitrogens with zero attached hydrogens (tertiary/aromatic N) is 3. The van der Waals surface area contributed by atoms with Crippen LogP contribution in [0.25, 0.3) is 11.3 Å². The Kier molecular flexibility index (Phi) is 6.60. The minimum absolute atomic E-state index is 0.574. The summed E-state index contributed by atoms with van der Waals surface area (Å²) in [5, 5.41) is 14.7. The fourth-order valence-corrected chi connectivity index (χ4v) is 3.46. The molecule has 0 radical (unpaired) electrons. The van der Waals surface area contributed by atoms with Crippen molar-refractivity contribution in [2.45, 2.75) is 39.8 Å². The number of carbonyl (C=O) groups is 1. The maximum absolute atomic E-state index is 11.4. The number of ether oxygens (including phenoxy) is 1. The Morgan fingerprint density at radius 3 is 2.45 bits per heavy atom. The van der Waals surface area contributed by atoms with Crippen LogP contribution < -0.4 is 9.64 Å². The molecule has 0 bridgehead atoms. The summed E-state index contributed by atoms with van der Waals surface area (Å²) < 4.78 is 7.59. The molecular weight excluding hydrogens is 414 g/mol. The van der Waals surface area contributed by atoms with E-state index in [0.29, 0.717) is 17.3 Å². The molecule has 0 aliphatic carbocycles. The molecule has 164 valence electrons. The topological polar surface area (TPSA) is 67.6 Å². The van der Waals surface area contributed by atoms with E-state index >= 15 is 0 Å². The van der Waals surface area contributed by atoms with Crippen LogP contribution in [-0.4, -0.2) is 33.0 Å². The van der Waals surface area contributed by atoms with Crippen molar-refractivity contribution in [2.75, 3.05) is 11.4 Å². The van der Waals surface area contributed by atoms with E-state index in [2.05, 4.69) is 23.0 Å². The van der Waals surface area contributed by atoms with E-state index in [1.54, 1.807) is 13.8 Å². The molecule has 0 aliphatic rings. The molecule has 0 amide bonds. The molecule has 0 atom stereocenters. The first kappa shape index (κ1) is 22.7. The van der Waals surface area contributed by atoms with Gasteiger partial charge in [0.05, 0.1) is 5.69 Å². The molecule has 3 aromatic rings. The first-order valence-corrected chi connectivity index (χ1v) is 10.6. The van der Waals surface area contributed by atoms with Gasteiger partial charge in [-0.2, -0.15) is 5.10 Å². The maximum atomic E-state index is 11.4.